The molecule has 0 spiro atoms. The van der Waals surface area contributed by atoms with Crippen LogP contribution in [0.1, 0.15) is 25.5 Å². The highest BCUT2D eigenvalue weighted by Gasteiger charge is 2.07. The highest BCUT2D eigenvalue weighted by atomic mass is 15.1. The van der Waals surface area contributed by atoms with E-state index in [1.165, 1.54) is 0 Å². The van der Waals surface area contributed by atoms with Crippen molar-refractivity contribution >= 4 is 22.3 Å². The van der Waals surface area contributed by atoms with Crippen LogP contribution in [0.5, 0.6) is 0 Å². The molecule has 1 heterocycles. The largest absolute Gasteiger partial charge is 0.398 e. The third kappa shape index (κ3) is 2.18. The molecule has 1 aromatic heterocycles. The van der Waals surface area contributed by atoms with E-state index in [1.54, 1.807) is 0 Å². The predicted octanol–water partition coefficient (Wildman–Crippen LogP) is 3.01. The van der Waals surface area contributed by atoms with Gasteiger partial charge >= 0.3 is 0 Å². The van der Waals surface area contributed by atoms with Crippen LogP contribution < -0.4 is 10.6 Å². The second kappa shape index (κ2) is 4.24. The molecule has 0 aliphatic heterocycles. The predicted molar refractivity (Wildman–Crippen MR) is 74.6 cm³/mol. The molecule has 0 radical (unpaired) electrons. The molecule has 0 atom stereocenters. The zero-order valence-corrected chi connectivity index (χ0v) is 10.9. The summed E-state index contributed by atoms with van der Waals surface area (Å²) in [4.78, 5) is 6.70. The van der Waals surface area contributed by atoms with Gasteiger partial charge in [-0.05, 0) is 30.2 Å². The standard InChI is InChI=1S/C14H19N3/c1-9(2)14-8-12(15)11-7-10(17(3)4)5-6-13(11)16-14/h5-9H,1-4H3,(H2,15,16). The molecular formula is C14H19N3. The molecule has 2 rings (SSSR count). The highest BCUT2D eigenvalue weighted by molar-refractivity contribution is 5.92. The van der Waals surface area contributed by atoms with Crippen molar-refractivity contribution in [2.75, 3.05) is 24.7 Å². The summed E-state index contributed by atoms with van der Waals surface area (Å²) in [7, 11) is 4.04. The van der Waals surface area contributed by atoms with E-state index in [0.717, 1.165) is 28.0 Å². The van der Waals surface area contributed by atoms with Crippen LogP contribution >= 0.6 is 0 Å². The Kier molecular flexibility index (Phi) is 2.92. The van der Waals surface area contributed by atoms with E-state index in [9.17, 15) is 0 Å². The van der Waals surface area contributed by atoms with E-state index in [4.69, 9.17) is 5.73 Å². The van der Waals surface area contributed by atoms with Gasteiger partial charge in [-0.3, -0.25) is 4.98 Å². The summed E-state index contributed by atoms with van der Waals surface area (Å²) in [6.07, 6.45) is 0. The van der Waals surface area contributed by atoms with Crippen LogP contribution in [-0.4, -0.2) is 19.1 Å². The van der Waals surface area contributed by atoms with Gasteiger partial charge in [0.25, 0.3) is 0 Å². The third-order valence-electron chi connectivity index (χ3n) is 2.95. The fourth-order valence-corrected chi connectivity index (χ4v) is 1.84. The number of aromatic nitrogens is 1. The SMILES string of the molecule is CC(C)c1cc(N)c2cc(N(C)C)ccc2n1. The molecule has 2 aromatic rings. The zero-order chi connectivity index (χ0) is 12.6. The molecule has 0 unspecified atom stereocenters. The van der Waals surface area contributed by atoms with Gasteiger partial charge in [0.05, 0.1) is 5.52 Å². The summed E-state index contributed by atoms with van der Waals surface area (Å²) in [6, 6.07) is 8.17. The monoisotopic (exact) mass is 229 g/mol. The number of pyridine rings is 1. The van der Waals surface area contributed by atoms with Crippen LogP contribution in [-0.2, 0) is 0 Å². The van der Waals surface area contributed by atoms with Crippen molar-refractivity contribution in [3.8, 4) is 0 Å². The summed E-state index contributed by atoms with van der Waals surface area (Å²) < 4.78 is 0. The Bertz CT molecular complexity index is 544. The van der Waals surface area contributed by atoms with E-state index in [0.29, 0.717) is 5.92 Å². The average molecular weight is 229 g/mol. The number of nitrogens with two attached hydrogens (primary N) is 1. The van der Waals surface area contributed by atoms with Gasteiger partial charge in [-0.1, -0.05) is 13.8 Å². The van der Waals surface area contributed by atoms with Crippen LogP contribution in [0, 0.1) is 0 Å². The molecule has 0 saturated carbocycles. The van der Waals surface area contributed by atoms with Crippen molar-refractivity contribution in [3.05, 3.63) is 30.0 Å². The Balaban J connectivity index is 2.64. The Morgan fingerprint density at radius 1 is 1.18 bits per heavy atom. The topological polar surface area (TPSA) is 42.1 Å². The van der Waals surface area contributed by atoms with Crippen molar-refractivity contribution in [2.45, 2.75) is 19.8 Å². The fourth-order valence-electron chi connectivity index (χ4n) is 1.84. The molecule has 1 aromatic carbocycles. The van der Waals surface area contributed by atoms with Crippen LogP contribution in [0.15, 0.2) is 24.3 Å². The van der Waals surface area contributed by atoms with Crippen molar-refractivity contribution in [1.29, 1.82) is 0 Å². The first-order chi connectivity index (χ1) is 7.99. The lowest BCUT2D eigenvalue weighted by Gasteiger charge is -2.14. The minimum atomic E-state index is 0.398. The summed E-state index contributed by atoms with van der Waals surface area (Å²) >= 11 is 0. The molecule has 0 fully saturated rings. The lowest BCUT2D eigenvalue weighted by atomic mass is 10.1. The van der Waals surface area contributed by atoms with Crippen LogP contribution in [0.25, 0.3) is 10.9 Å². The molecular weight excluding hydrogens is 210 g/mol. The van der Waals surface area contributed by atoms with E-state index < -0.39 is 0 Å². The maximum Gasteiger partial charge on any atom is 0.0727 e. The molecule has 17 heavy (non-hydrogen) atoms. The summed E-state index contributed by atoms with van der Waals surface area (Å²) in [5.74, 6) is 0.398. The number of nitrogens with zero attached hydrogens (tertiary/aromatic N) is 2. The van der Waals surface area contributed by atoms with Crippen molar-refractivity contribution in [2.24, 2.45) is 0 Å². The lowest BCUT2D eigenvalue weighted by Crippen LogP contribution is -2.08. The number of hydrogen-bond donors (Lipinski definition) is 1. The number of fused-ring (bicyclic) bond motifs is 1. The first kappa shape index (κ1) is 11.7. The van der Waals surface area contributed by atoms with Gasteiger partial charge in [0.15, 0.2) is 0 Å². The first-order valence-electron chi connectivity index (χ1n) is 5.86. The quantitative estimate of drug-likeness (QED) is 0.860. The normalized spacial score (nSPS) is 11.1. The third-order valence-corrected chi connectivity index (χ3v) is 2.95. The highest BCUT2D eigenvalue weighted by Crippen LogP contribution is 2.27. The van der Waals surface area contributed by atoms with E-state index in [-0.39, 0.29) is 0 Å². The molecule has 0 aliphatic carbocycles. The molecule has 0 aliphatic rings. The smallest absolute Gasteiger partial charge is 0.0727 e. The van der Waals surface area contributed by atoms with E-state index in [2.05, 4.69) is 35.9 Å². The number of benzene rings is 1. The molecule has 0 bridgehead atoms. The number of hydrogen-bond acceptors (Lipinski definition) is 3. The van der Waals surface area contributed by atoms with Gasteiger partial charge < -0.3 is 10.6 Å². The van der Waals surface area contributed by atoms with Gasteiger partial charge in [-0.25, -0.2) is 0 Å². The Morgan fingerprint density at radius 3 is 2.47 bits per heavy atom. The molecule has 3 nitrogen and oxygen atoms in total. The molecule has 2 N–H and O–H groups in total. The Labute approximate surface area is 102 Å². The molecule has 0 saturated heterocycles. The second-order valence-electron chi connectivity index (χ2n) is 4.89. The van der Waals surface area contributed by atoms with Gasteiger partial charge in [-0.2, -0.15) is 0 Å². The Hall–Kier alpha value is -1.77. The summed E-state index contributed by atoms with van der Waals surface area (Å²) in [6.45, 7) is 4.25. The van der Waals surface area contributed by atoms with E-state index >= 15 is 0 Å². The molecule has 3 heteroatoms. The maximum absolute atomic E-state index is 6.11. The van der Waals surface area contributed by atoms with Crippen LogP contribution in [0.4, 0.5) is 11.4 Å². The van der Waals surface area contributed by atoms with Crippen molar-refractivity contribution in [3.63, 3.8) is 0 Å². The van der Waals surface area contributed by atoms with Crippen molar-refractivity contribution < 1.29 is 0 Å². The van der Waals surface area contributed by atoms with E-state index in [1.807, 2.05) is 26.2 Å². The minimum absolute atomic E-state index is 0.398. The fraction of sp³-hybridized carbons (Fsp3) is 0.357. The first-order valence-corrected chi connectivity index (χ1v) is 5.86. The van der Waals surface area contributed by atoms with Crippen LogP contribution in [0.3, 0.4) is 0 Å². The number of anilines is 2. The summed E-state index contributed by atoms with van der Waals surface area (Å²) in [5.41, 5.74) is 10.1. The average Bonchev–Trinajstić information content (AvgIpc) is 2.28. The van der Waals surface area contributed by atoms with Gasteiger partial charge in [0, 0.05) is 36.6 Å². The zero-order valence-electron chi connectivity index (χ0n) is 10.9. The maximum atomic E-state index is 6.11. The van der Waals surface area contributed by atoms with Gasteiger partial charge in [0.1, 0.15) is 0 Å². The molecule has 90 valence electrons. The van der Waals surface area contributed by atoms with Crippen molar-refractivity contribution in [1.82, 2.24) is 4.98 Å². The Morgan fingerprint density at radius 2 is 1.88 bits per heavy atom. The van der Waals surface area contributed by atoms with Gasteiger partial charge in [0.2, 0.25) is 0 Å². The molecule has 0 amide bonds. The number of rotatable bonds is 2. The minimum Gasteiger partial charge on any atom is -0.398 e. The summed E-state index contributed by atoms with van der Waals surface area (Å²) in [5, 5.41) is 1.03. The number of nitrogen functional groups attached to an aromatic ring is 1. The van der Waals surface area contributed by atoms with Gasteiger partial charge in [-0.15, -0.1) is 0 Å². The lowest BCUT2D eigenvalue weighted by molar-refractivity contribution is 0.830. The second-order valence-corrected chi connectivity index (χ2v) is 4.89. The van der Waals surface area contributed by atoms with Crippen LogP contribution in [0.2, 0.25) is 0 Å².